The monoisotopic (exact) mass is 301 g/mol. The fourth-order valence-corrected chi connectivity index (χ4v) is 1.97. The average Bonchev–Trinajstić information content (AvgIpc) is 2.83. The van der Waals surface area contributed by atoms with Gasteiger partial charge in [0, 0.05) is 10.6 Å². The molecule has 21 heavy (non-hydrogen) atoms. The third-order valence-corrected chi connectivity index (χ3v) is 3.14. The first kappa shape index (κ1) is 13.5. The number of aliphatic imine (C=N–C) groups is 1. The summed E-state index contributed by atoms with van der Waals surface area (Å²) in [5.74, 6) is -0.731. The highest BCUT2D eigenvalue weighted by Crippen LogP contribution is 2.20. The second-order valence-electron chi connectivity index (χ2n) is 4.39. The minimum Gasteiger partial charge on any atom is -0.402 e. The normalized spacial score (nSPS) is 16.0. The van der Waals surface area contributed by atoms with Gasteiger partial charge in [-0.1, -0.05) is 23.7 Å². The molecule has 0 bridgehead atoms. The van der Waals surface area contributed by atoms with Gasteiger partial charge < -0.3 is 4.74 Å². The second-order valence-corrected chi connectivity index (χ2v) is 4.83. The third kappa shape index (κ3) is 3.01. The molecule has 0 fully saturated rings. The second kappa shape index (κ2) is 5.50. The molecule has 3 nitrogen and oxygen atoms in total. The molecule has 3 rings (SSSR count). The molecular weight excluding hydrogens is 293 g/mol. The predicted octanol–water partition coefficient (Wildman–Crippen LogP) is 3.82. The lowest BCUT2D eigenvalue weighted by Gasteiger charge is -1.98. The van der Waals surface area contributed by atoms with Gasteiger partial charge in [-0.05, 0) is 48.0 Å². The zero-order chi connectivity index (χ0) is 14.8. The van der Waals surface area contributed by atoms with E-state index in [0.717, 1.165) is 5.56 Å². The standard InChI is InChI=1S/C16H9ClFNO2/c17-12-5-1-10(2-6-12)9-14-16(20)21-15(19-14)11-3-7-13(18)8-4-11/h1-9H/b14-9-. The molecule has 0 aliphatic carbocycles. The van der Waals surface area contributed by atoms with E-state index in [0.29, 0.717) is 10.6 Å². The topological polar surface area (TPSA) is 38.7 Å². The van der Waals surface area contributed by atoms with Gasteiger partial charge in [-0.2, -0.15) is 0 Å². The number of halogens is 2. The van der Waals surface area contributed by atoms with E-state index in [1.807, 2.05) is 0 Å². The van der Waals surface area contributed by atoms with Crippen LogP contribution in [0.25, 0.3) is 6.08 Å². The van der Waals surface area contributed by atoms with Gasteiger partial charge in [0.15, 0.2) is 5.70 Å². The minimum absolute atomic E-state index is 0.167. The molecule has 5 heteroatoms. The number of nitrogens with zero attached hydrogens (tertiary/aromatic N) is 1. The Kier molecular flexibility index (Phi) is 3.54. The summed E-state index contributed by atoms with van der Waals surface area (Å²) >= 11 is 5.80. The number of cyclic esters (lactones) is 1. The summed E-state index contributed by atoms with van der Waals surface area (Å²) in [5, 5.41) is 0.613. The molecule has 0 aromatic heterocycles. The molecule has 0 amide bonds. The molecule has 0 unspecified atom stereocenters. The largest absolute Gasteiger partial charge is 0.402 e. The fraction of sp³-hybridized carbons (Fsp3) is 0. The van der Waals surface area contributed by atoms with E-state index >= 15 is 0 Å². The van der Waals surface area contributed by atoms with Crippen molar-refractivity contribution >= 4 is 29.5 Å². The van der Waals surface area contributed by atoms with Crippen molar-refractivity contribution in [3.8, 4) is 0 Å². The summed E-state index contributed by atoms with van der Waals surface area (Å²) in [6.07, 6.45) is 1.61. The SMILES string of the molecule is O=C1OC(c2ccc(F)cc2)=N/C1=C\c1ccc(Cl)cc1. The first-order valence-electron chi connectivity index (χ1n) is 6.16. The zero-order valence-corrected chi connectivity index (χ0v) is 11.5. The van der Waals surface area contributed by atoms with E-state index in [1.165, 1.54) is 24.3 Å². The van der Waals surface area contributed by atoms with E-state index in [9.17, 15) is 9.18 Å². The maximum Gasteiger partial charge on any atom is 0.363 e. The molecule has 0 spiro atoms. The van der Waals surface area contributed by atoms with Gasteiger partial charge >= 0.3 is 5.97 Å². The van der Waals surface area contributed by atoms with Crippen LogP contribution in [-0.2, 0) is 9.53 Å². The molecule has 0 saturated carbocycles. The van der Waals surface area contributed by atoms with Crippen LogP contribution in [-0.4, -0.2) is 11.9 Å². The van der Waals surface area contributed by atoms with E-state index in [-0.39, 0.29) is 17.4 Å². The number of benzene rings is 2. The maximum absolute atomic E-state index is 12.9. The Morgan fingerprint density at radius 1 is 1.05 bits per heavy atom. The maximum atomic E-state index is 12.9. The summed E-state index contributed by atoms with van der Waals surface area (Å²) in [5.41, 5.74) is 1.52. The van der Waals surface area contributed by atoms with Crippen LogP contribution >= 0.6 is 11.6 Å². The Morgan fingerprint density at radius 2 is 1.71 bits per heavy atom. The Bertz CT molecular complexity index is 749. The van der Waals surface area contributed by atoms with Gasteiger partial charge in [-0.3, -0.25) is 0 Å². The van der Waals surface area contributed by atoms with E-state index in [2.05, 4.69) is 4.99 Å². The lowest BCUT2D eigenvalue weighted by molar-refractivity contribution is -0.129. The Morgan fingerprint density at radius 3 is 2.38 bits per heavy atom. The van der Waals surface area contributed by atoms with E-state index < -0.39 is 5.97 Å². The van der Waals surface area contributed by atoms with Crippen LogP contribution in [0.1, 0.15) is 11.1 Å². The van der Waals surface area contributed by atoms with Gasteiger partial charge in [0.1, 0.15) is 5.82 Å². The first-order chi connectivity index (χ1) is 10.1. The van der Waals surface area contributed by atoms with Crippen LogP contribution < -0.4 is 0 Å². The van der Waals surface area contributed by atoms with Crippen LogP contribution in [0.5, 0.6) is 0 Å². The van der Waals surface area contributed by atoms with E-state index in [4.69, 9.17) is 16.3 Å². The molecule has 1 heterocycles. The van der Waals surface area contributed by atoms with Crippen LogP contribution in [0.3, 0.4) is 0 Å². The van der Waals surface area contributed by atoms with Gasteiger partial charge in [-0.25, -0.2) is 14.2 Å². The molecule has 0 saturated heterocycles. The van der Waals surface area contributed by atoms with Crippen molar-refractivity contribution < 1.29 is 13.9 Å². The summed E-state index contributed by atoms with van der Waals surface area (Å²) in [7, 11) is 0. The molecule has 1 aliphatic rings. The molecule has 0 atom stereocenters. The van der Waals surface area contributed by atoms with Crippen molar-refractivity contribution in [1.29, 1.82) is 0 Å². The lowest BCUT2D eigenvalue weighted by atomic mass is 10.2. The third-order valence-electron chi connectivity index (χ3n) is 2.89. The van der Waals surface area contributed by atoms with Crippen LogP contribution in [0.2, 0.25) is 5.02 Å². The molecule has 2 aromatic carbocycles. The first-order valence-corrected chi connectivity index (χ1v) is 6.54. The van der Waals surface area contributed by atoms with Crippen LogP contribution in [0, 0.1) is 5.82 Å². The number of carbonyl (C=O) groups excluding carboxylic acids is 1. The summed E-state index contributed by atoms with van der Waals surface area (Å²) in [4.78, 5) is 15.9. The molecule has 0 N–H and O–H groups in total. The van der Waals surface area contributed by atoms with Crippen molar-refractivity contribution in [2.75, 3.05) is 0 Å². The predicted molar refractivity (Wildman–Crippen MR) is 78.5 cm³/mol. The summed E-state index contributed by atoms with van der Waals surface area (Å²) < 4.78 is 18.0. The fourth-order valence-electron chi connectivity index (χ4n) is 1.84. The lowest BCUT2D eigenvalue weighted by Crippen LogP contribution is -2.05. The Balaban J connectivity index is 1.91. The number of esters is 1. The zero-order valence-electron chi connectivity index (χ0n) is 10.7. The van der Waals surface area contributed by atoms with Gasteiger partial charge in [0.25, 0.3) is 0 Å². The molecule has 104 valence electrons. The van der Waals surface area contributed by atoms with Crippen LogP contribution in [0.4, 0.5) is 4.39 Å². The van der Waals surface area contributed by atoms with Crippen LogP contribution in [0.15, 0.2) is 59.2 Å². The summed E-state index contributed by atoms with van der Waals surface area (Å²) in [6.45, 7) is 0. The van der Waals surface area contributed by atoms with Crippen molar-refractivity contribution in [1.82, 2.24) is 0 Å². The highest BCUT2D eigenvalue weighted by atomic mass is 35.5. The quantitative estimate of drug-likeness (QED) is 0.625. The molecule has 2 aromatic rings. The van der Waals surface area contributed by atoms with Crippen molar-refractivity contribution in [3.05, 3.63) is 76.2 Å². The van der Waals surface area contributed by atoms with Crippen molar-refractivity contribution in [2.45, 2.75) is 0 Å². The van der Waals surface area contributed by atoms with Gasteiger partial charge in [-0.15, -0.1) is 0 Å². The molecular formula is C16H9ClFNO2. The van der Waals surface area contributed by atoms with E-state index in [1.54, 1.807) is 30.3 Å². The highest BCUT2D eigenvalue weighted by molar-refractivity contribution is 6.30. The molecule has 1 aliphatic heterocycles. The summed E-state index contributed by atoms with van der Waals surface area (Å²) in [6, 6.07) is 12.6. The number of rotatable bonds is 2. The van der Waals surface area contributed by atoms with Crippen molar-refractivity contribution in [2.24, 2.45) is 4.99 Å². The Hall–Kier alpha value is -2.46. The minimum atomic E-state index is -0.538. The number of hydrogen-bond donors (Lipinski definition) is 0. The highest BCUT2D eigenvalue weighted by Gasteiger charge is 2.24. The number of ether oxygens (including phenoxy) is 1. The smallest absolute Gasteiger partial charge is 0.363 e. The molecule has 0 radical (unpaired) electrons. The Labute approximate surface area is 125 Å². The van der Waals surface area contributed by atoms with Gasteiger partial charge in [0.05, 0.1) is 0 Å². The number of hydrogen-bond acceptors (Lipinski definition) is 3. The van der Waals surface area contributed by atoms with Crippen molar-refractivity contribution in [3.63, 3.8) is 0 Å². The van der Waals surface area contributed by atoms with Gasteiger partial charge in [0.2, 0.25) is 5.90 Å². The number of carbonyl (C=O) groups is 1. The average molecular weight is 302 g/mol.